The highest BCUT2D eigenvalue weighted by molar-refractivity contribution is 7.86. The predicted molar refractivity (Wildman–Crippen MR) is 110 cm³/mol. The number of nitrogens with two attached hydrogens (primary N) is 1. The summed E-state index contributed by atoms with van der Waals surface area (Å²) in [7, 11) is -3.75. The van der Waals surface area contributed by atoms with E-state index in [-0.39, 0.29) is 54.6 Å². The Morgan fingerprint density at radius 1 is 1.16 bits per heavy atom. The molecule has 0 bridgehead atoms. The number of piperidine rings is 1. The maximum absolute atomic E-state index is 14.1. The number of hydrogen-bond donors (Lipinski definition) is 3. The van der Waals surface area contributed by atoms with Crippen molar-refractivity contribution >= 4 is 32.9 Å². The topological polar surface area (TPSA) is 126 Å². The molecule has 3 heterocycles. The molecule has 0 radical (unpaired) electrons. The minimum absolute atomic E-state index is 0.140. The van der Waals surface area contributed by atoms with E-state index in [1.165, 1.54) is 10.5 Å². The van der Waals surface area contributed by atoms with Gasteiger partial charge in [-0.2, -0.15) is 12.7 Å². The first kappa shape index (κ1) is 22.9. The van der Waals surface area contributed by atoms with Gasteiger partial charge in [0.25, 0.3) is 22.6 Å². The number of nitrogens with zero attached hydrogens (tertiary/aromatic N) is 4. The smallest absolute Gasteiger partial charge is 0.280 e. The summed E-state index contributed by atoms with van der Waals surface area (Å²) in [6.45, 7) is 0.458. The number of halogens is 4. The van der Waals surface area contributed by atoms with Crippen LogP contribution in [0.1, 0.15) is 44.2 Å². The van der Waals surface area contributed by atoms with E-state index in [1.54, 1.807) is 0 Å². The zero-order chi connectivity index (χ0) is 23.1. The average molecular weight is 477 g/mol. The first-order valence-corrected chi connectivity index (χ1v) is 11.7. The molecule has 1 saturated carbocycles. The number of anilines is 2. The summed E-state index contributed by atoms with van der Waals surface area (Å²) in [5.74, 6) is -2.95. The largest absolute Gasteiger partial charge is 0.359 e. The molecule has 1 aliphatic carbocycles. The van der Waals surface area contributed by atoms with E-state index >= 15 is 0 Å². The second-order valence-corrected chi connectivity index (χ2v) is 9.59. The zero-order valence-corrected chi connectivity index (χ0v) is 17.8. The number of nitrogens with one attached hydrogen (secondary N) is 2. The average Bonchev–Trinajstić information content (AvgIpc) is 3.05. The highest BCUT2D eigenvalue weighted by Crippen LogP contribution is 2.38. The predicted octanol–water partition coefficient (Wildman–Crippen LogP) is 2.64. The molecule has 1 aliphatic heterocycles. The molecule has 0 aromatic carbocycles. The van der Waals surface area contributed by atoms with Crippen LogP contribution in [0.15, 0.2) is 12.3 Å². The van der Waals surface area contributed by atoms with Crippen LogP contribution in [0.5, 0.6) is 0 Å². The second kappa shape index (κ2) is 8.56. The number of rotatable bonds is 6. The second-order valence-electron chi connectivity index (χ2n) is 8.04. The fourth-order valence-electron chi connectivity index (χ4n) is 4.05. The van der Waals surface area contributed by atoms with Crippen LogP contribution in [0.2, 0.25) is 0 Å². The molecular formula is C18H23F4N7O2S. The van der Waals surface area contributed by atoms with Crippen molar-refractivity contribution in [3.05, 3.63) is 18.0 Å². The number of alkyl halides is 4. The van der Waals surface area contributed by atoms with Crippen LogP contribution < -0.4 is 15.8 Å². The lowest BCUT2D eigenvalue weighted by Gasteiger charge is -2.30. The van der Waals surface area contributed by atoms with Crippen molar-refractivity contribution in [2.45, 2.75) is 56.5 Å². The normalized spacial score (nSPS) is 22.5. The third-order valence-corrected chi connectivity index (χ3v) is 6.86. The van der Waals surface area contributed by atoms with Crippen LogP contribution in [0, 0.1) is 0 Å². The van der Waals surface area contributed by atoms with Crippen LogP contribution in [-0.4, -0.2) is 58.8 Å². The van der Waals surface area contributed by atoms with Crippen LogP contribution in [0.3, 0.4) is 0 Å². The highest BCUT2D eigenvalue weighted by atomic mass is 32.2. The van der Waals surface area contributed by atoms with E-state index in [1.807, 2.05) is 0 Å². The number of fused-ring (bicyclic) bond motifs is 1. The van der Waals surface area contributed by atoms with Gasteiger partial charge in [-0.3, -0.25) is 0 Å². The van der Waals surface area contributed by atoms with Gasteiger partial charge in [0.2, 0.25) is 5.95 Å². The molecule has 4 N–H and O–H groups in total. The lowest BCUT2D eigenvalue weighted by atomic mass is 10.1. The van der Waals surface area contributed by atoms with Gasteiger partial charge in [-0.1, -0.05) is 0 Å². The molecule has 1 atom stereocenters. The van der Waals surface area contributed by atoms with Crippen LogP contribution in [-0.2, 0) is 10.2 Å². The molecule has 32 heavy (non-hydrogen) atoms. The van der Waals surface area contributed by atoms with Crippen LogP contribution in [0.25, 0.3) is 10.9 Å². The van der Waals surface area contributed by atoms with Crippen molar-refractivity contribution in [3.63, 3.8) is 0 Å². The van der Waals surface area contributed by atoms with Crippen molar-refractivity contribution < 1.29 is 26.0 Å². The maximum Gasteiger partial charge on any atom is 0.280 e. The van der Waals surface area contributed by atoms with Gasteiger partial charge in [-0.15, -0.1) is 0 Å². The van der Waals surface area contributed by atoms with Gasteiger partial charge in [-0.05, 0) is 31.7 Å². The van der Waals surface area contributed by atoms with Crippen molar-refractivity contribution in [2.24, 2.45) is 5.14 Å². The Balaban J connectivity index is 1.59. The summed E-state index contributed by atoms with van der Waals surface area (Å²) < 4.78 is 78.9. The van der Waals surface area contributed by atoms with Crippen LogP contribution >= 0.6 is 0 Å². The van der Waals surface area contributed by atoms with Gasteiger partial charge in [0, 0.05) is 37.1 Å². The van der Waals surface area contributed by atoms with E-state index in [2.05, 4.69) is 25.6 Å². The summed E-state index contributed by atoms with van der Waals surface area (Å²) in [6, 6.07) is -0.235. The Hall–Kier alpha value is -2.32. The molecule has 176 valence electrons. The van der Waals surface area contributed by atoms with Crippen molar-refractivity contribution in [1.82, 2.24) is 19.3 Å². The Labute approximate surface area is 182 Å². The number of pyridine rings is 1. The minimum atomic E-state index is -3.75. The molecule has 2 aromatic heterocycles. The summed E-state index contributed by atoms with van der Waals surface area (Å²) in [4.78, 5) is 12.3. The van der Waals surface area contributed by atoms with E-state index in [9.17, 15) is 26.0 Å². The first-order valence-electron chi connectivity index (χ1n) is 10.2. The maximum atomic E-state index is 14.1. The van der Waals surface area contributed by atoms with Crippen molar-refractivity contribution in [3.8, 4) is 0 Å². The molecule has 1 saturated heterocycles. The lowest BCUT2D eigenvalue weighted by Crippen LogP contribution is -2.45. The first-order chi connectivity index (χ1) is 15.0. The van der Waals surface area contributed by atoms with Gasteiger partial charge in [0.05, 0.1) is 6.04 Å². The van der Waals surface area contributed by atoms with E-state index in [0.29, 0.717) is 19.3 Å². The van der Waals surface area contributed by atoms with Crippen molar-refractivity contribution in [1.29, 1.82) is 0 Å². The van der Waals surface area contributed by atoms with Gasteiger partial charge in [0.15, 0.2) is 5.82 Å². The zero-order valence-electron chi connectivity index (χ0n) is 16.9. The summed E-state index contributed by atoms with van der Waals surface area (Å²) >= 11 is 0. The van der Waals surface area contributed by atoms with Gasteiger partial charge < -0.3 is 10.6 Å². The highest BCUT2D eigenvalue weighted by Gasteiger charge is 2.44. The van der Waals surface area contributed by atoms with Gasteiger partial charge >= 0.3 is 0 Å². The molecule has 2 aliphatic rings. The fourth-order valence-corrected chi connectivity index (χ4v) is 4.77. The summed E-state index contributed by atoms with van der Waals surface area (Å²) in [5.41, 5.74) is -0.405. The van der Waals surface area contributed by atoms with Gasteiger partial charge in [-0.25, -0.2) is 37.7 Å². The molecule has 0 amide bonds. The molecule has 4 rings (SSSR count). The van der Waals surface area contributed by atoms with E-state index < -0.39 is 34.3 Å². The van der Waals surface area contributed by atoms with Crippen LogP contribution in [0.4, 0.5) is 29.3 Å². The molecule has 0 spiro atoms. The molecule has 9 nitrogen and oxygen atoms in total. The third-order valence-electron chi connectivity index (χ3n) is 5.78. The lowest BCUT2D eigenvalue weighted by molar-refractivity contribution is -0.000663. The summed E-state index contributed by atoms with van der Waals surface area (Å²) in [6.07, 6.45) is -0.416. The monoisotopic (exact) mass is 477 g/mol. The Kier molecular flexibility index (Phi) is 6.11. The van der Waals surface area contributed by atoms with Crippen molar-refractivity contribution in [2.75, 3.05) is 23.7 Å². The molecule has 2 fully saturated rings. The third kappa shape index (κ3) is 4.86. The Morgan fingerprint density at radius 2 is 1.88 bits per heavy atom. The Morgan fingerprint density at radius 3 is 2.47 bits per heavy atom. The van der Waals surface area contributed by atoms with Gasteiger partial charge in [0.1, 0.15) is 11.2 Å². The SMILES string of the molecule is NS(=O)(=O)N1CCC(Nc2ncc3cc(C(F)F)nc(NC4CCCC4(F)F)c3n2)CC1. The molecule has 2 aromatic rings. The van der Waals surface area contributed by atoms with E-state index in [0.717, 1.165) is 6.07 Å². The molecule has 14 heteroatoms. The summed E-state index contributed by atoms with van der Waals surface area (Å²) in [5, 5.41) is 11.1. The number of hydrogen-bond acceptors (Lipinski definition) is 7. The minimum Gasteiger partial charge on any atom is -0.359 e. The molecule has 1 unspecified atom stereocenters. The standard InChI is InChI=1S/C18H23F4N7O2S/c19-15(20)12-8-10-9-24-17(25-11-3-6-29(7-4-11)32(23,30)31)28-14(10)16(26-12)27-13-2-1-5-18(13,21)22/h8-9,11,13,15H,1-7H2,(H,26,27)(H2,23,30,31)(H,24,25,28). The Bertz CT molecular complexity index is 1090. The molecular weight excluding hydrogens is 454 g/mol. The number of aromatic nitrogens is 3. The fraction of sp³-hybridized carbons (Fsp3) is 0.611. The quantitative estimate of drug-likeness (QED) is 0.546. The van der Waals surface area contributed by atoms with E-state index in [4.69, 9.17) is 5.14 Å².